The van der Waals surface area contributed by atoms with Gasteiger partial charge in [-0.3, -0.25) is 19.3 Å². The monoisotopic (exact) mass is 391 g/mol. The number of esters is 1. The Morgan fingerprint density at radius 1 is 1.30 bits per heavy atom. The van der Waals surface area contributed by atoms with Gasteiger partial charge in [0.2, 0.25) is 0 Å². The zero-order valence-corrected chi connectivity index (χ0v) is 15.9. The largest absolute Gasteiger partial charge is 0.454 e. The zero-order valence-electron chi connectivity index (χ0n) is 15.1. The van der Waals surface area contributed by atoms with Gasteiger partial charge < -0.3 is 10.1 Å². The normalized spacial score (nSPS) is 16.1. The van der Waals surface area contributed by atoms with E-state index in [1.54, 1.807) is 18.2 Å². The molecule has 0 saturated carbocycles. The van der Waals surface area contributed by atoms with Gasteiger partial charge in [-0.1, -0.05) is 31.9 Å². The molecule has 0 bridgehead atoms. The van der Waals surface area contributed by atoms with Crippen LogP contribution in [-0.2, 0) is 24.3 Å². The quantitative estimate of drug-likeness (QED) is 0.521. The molecule has 0 spiro atoms. The predicted octanol–water partition coefficient (Wildman–Crippen LogP) is 0.577. The Labute approximate surface area is 158 Å². The van der Waals surface area contributed by atoms with Gasteiger partial charge in [0, 0.05) is 5.56 Å². The van der Waals surface area contributed by atoms with Crippen molar-refractivity contribution < 1.29 is 22.7 Å². The van der Waals surface area contributed by atoms with Crippen LogP contribution in [0, 0.1) is 12.3 Å². The number of rotatable bonds is 7. The summed E-state index contributed by atoms with van der Waals surface area (Å²) in [7, 11) is -3.67. The number of hydrogen-bond acceptors (Lipinski definition) is 6. The highest BCUT2D eigenvalue weighted by molar-refractivity contribution is 7.90. The molecule has 2 N–H and O–H groups in total. The van der Waals surface area contributed by atoms with Crippen LogP contribution >= 0.6 is 0 Å². The summed E-state index contributed by atoms with van der Waals surface area (Å²) < 4.78 is 31.1. The number of nitrogens with one attached hydrogen (secondary N) is 2. The van der Waals surface area contributed by atoms with E-state index >= 15 is 0 Å². The van der Waals surface area contributed by atoms with Gasteiger partial charge in [-0.2, -0.15) is 0 Å². The number of amides is 1. The molecule has 27 heavy (non-hydrogen) atoms. The van der Waals surface area contributed by atoms with Crippen LogP contribution in [0.1, 0.15) is 32.3 Å². The molecule has 0 saturated heterocycles. The third kappa shape index (κ3) is 4.65. The molecule has 0 aliphatic carbocycles. The van der Waals surface area contributed by atoms with Crippen molar-refractivity contribution in [1.29, 1.82) is 0 Å². The van der Waals surface area contributed by atoms with E-state index in [2.05, 4.69) is 21.0 Å². The van der Waals surface area contributed by atoms with E-state index in [9.17, 15) is 18.0 Å². The third-order valence-electron chi connectivity index (χ3n) is 4.26. The van der Waals surface area contributed by atoms with Crippen LogP contribution in [0.5, 0.6) is 0 Å². The molecule has 9 heteroatoms. The summed E-state index contributed by atoms with van der Waals surface area (Å²) in [6, 6.07) is 6.29. The second-order valence-corrected chi connectivity index (χ2v) is 7.56. The van der Waals surface area contributed by atoms with Crippen molar-refractivity contribution in [3.63, 3.8) is 0 Å². The van der Waals surface area contributed by atoms with E-state index < -0.39 is 40.6 Å². The Morgan fingerprint density at radius 2 is 1.96 bits per heavy atom. The second-order valence-electron chi connectivity index (χ2n) is 5.91. The molecule has 2 rings (SSSR count). The number of amidine groups is 1. The van der Waals surface area contributed by atoms with E-state index in [4.69, 9.17) is 11.2 Å². The maximum absolute atomic E-state index is 12.0. The number of fused-ring (bicyclic) bond motifs is 1. The minimum absolute atomic E-state index is 0.0651. The number of terminal acetylenes is 1. The summed E-state index contributed by atoms with van der Waals surface area (Å²) in [4.78, 5) is 27.8. The van der Waals surface area contributed by atoms with Gasteiger partial charge in [0.25, 0.3) is 15.9 Å². The highest BCUT2D eigenvalue weighted by Gasteiger charge is 2.30. The lowest BCUT2D eigenvalue weighted by molar-refractivity contribution is -0.147. The fourth-order valence-electron chi connectivity index (χ4n) is 2.56. The van der Waals surface area contributed by atoms with Gasteiger partial charge in [0.1, 0.15) is 17.9 Å². The first-order valence-corrected chi connectivity index (χ1v) is 9.86. The number of sulfonamides is 1. The molecule has 8 nitrogen and oxygen atoms in total. The fourth-order valence-corrected chi connectivity index (χ4v) is 3.81. The lowest BCUT2D eigenvalue weighted by Crippen LogP contribution is -2.48. The SMILES string of the molecule is C#CC(CC)(CC)NC(=O)COC(=O)CN=C1NS(=O)(=O)c2ccccc21. The molecule has 1 amide bonds. The number of carbonyl (C=O) groups excluding carboxylic acids is 2. The number of carbonyl (C=O) groups is 2. The van der Waals surface area contributed by atoms with Crippen molar-refractivity contribution in [2.75, 3.05) is 13.2 Å². The van der Waals surface area contributed by atoms with Crippen molar-refractivity contribution in [2.45, 2.75) is 37.1 Å². The van der Waals surface area contributed by atoms with Gasteiger partial charge >= 0.3 is 5.97 Å². The van der Waals surface area contributed by atoms with Crippen molar-refractivity contribution >= 4 is 27.7 Å². The number of ether oxygens (including phenoxy) is 1. The first kappa shape index (κ1) is 20.5. The summed E-state index contributed by atoms with van der Waals surface area (Å²) in [5.41, 5.74) is -0.386. The average molecular weight is 391 g/mol. The molecule has 144 valence electrons. The van der Waals surface area contributed by atoms with Gasteiger partial charge in [0.15, 0.2) is 6.61 Å². The highest BCUT2D eigenvalue weighted by Crippen LogP contribution is 2.22. The highest BCUT2D eigenvalue weighted by atomic mass is 32.2. The smallest absolute Gasteiger partial charge is 0.328 e. The van der Waals surface area contributed by atoms with Crippen molar-refractivity contribution in [1.82, 2.24) is 10.0 Å². The maximum atomic E-state index is 12.0. The van der Waals surface area contributed by atoms with Crippen LogP contribution in [-0.4, -0.2) is 44.8 Å². The number of nitrogens with zero attached hydrogens (tertiary/aromatic N) is 1. The second kappa shape index (κ2) is 8.22. The lowest BCUT2D eigenvalue weighted by atomic mass is 9.94. The van der Waals surface area contributed by atoms with Gasteiger partial charge in [0.05, 0.1) is 4.90 Å². The molecule has 1 aliphatic heterocycles. The fraction of sp³-hybridized carbons (Fsp3) is 0.389. The van der Waals surface area contributed by atoms with Crippen LogP contribution in [0.2, 0.25) is 0 Å². The van der Waals surface area contributed by atoms with Crippen LogP contribution in [0.15, 0.2) is 34.2 Å². The Morgan fingerprint density at radius 3 is 2.59 bits per heavy atom. The summed E-state index contributed by atoms with van der Waals surface area (Å²) in [6.45, 7) is 2.79. The van der Waals surface area contributed by atoms with E-state index in [-0.39, 0.29) is 10.7 Å². The standard InChI is InChI=1S/C18H21N3O5S/c1-4-18(5-2,6-3)20-15(22)12-26-16(23)11-19-17-13-9-7-8-10-14(13)27(24,25)21-17/h1,7-10H,5-6,11-12H2,2-3H3,(H,19,21)(H,20,22). The number of aliphatic imine (C=N–C) groups is 1. The molecule has 0 fully saturated rings. The first-order valence-electron chi connectivity index (χ1n) is 8.38. The minimum atomic E-state index is -3.67. The molecule has 0 atom stereocenters. The Balaban J connectivity index is 1.93. The molecule has 1 heterocycles. The van der Waals surface area contributed by atoms with E-state index in [0.29, 0.717) is 18.4 Å². The summed E-state index contributed by atoms with van der Waals surface area (Å²) in [5, 5.41) is 2.68. The topological polar surface area (TPSA) is 114 Å². The number of benzene rings is 1. The van der Waals surface area contributed by atoms with Crippen molar-refractivity contribution in [3.8, 4) is 12.3 Å². The number of hydrogen-bond donors (Lipinski definition) is 2. The average Bonchev–Trinajstić information content (AvgIpc) is 2.93. The Bertz CT molecular complexity index is 911. The van der Waals surface area contributed by atoms with Crippen molar-refractivity contribution in [2.24, 2.45) is 4.99 Å². The van der Waals surface area contributed by atoms with Crippen molar-refractivity contribution in [3.05, 3.63) is 29.8 Å². The van der Waals surface area contributed by atoms with E-state index in [1.807, 2.05) is 13.8 Å². The summed E-state index contributed by atoms with van der Waals surface area (Å²) in [5.74, 6) is 1.35. The minimum Gasteiger partial charge on any atom is -0.454 e. The molecule has 0 unspecified atom stereocenters. The summed E-state index contributed by atoms with van der Waals surface area (Å²) in [6.07, 6.45) is 6.56. The molecule has 0 aromatic heterocycles. The Kier molecular flexibility index (Phi) is 6.23. The molecular formula is C18H21N3O5S. The summed E-state index contributed by atoms with van der Waals surface area (Å²) >= 11 is 0. The van der Waals surface area contributed by atoms with E-state index in [1.165, 1.54) is 6.07 Å². The zero-order chi connectivity index (χ0) is 20.1. The van der Waals surface area contributed by atoms with Gasteiger partial charge in [-0.15, -0.1) is 6.42 Å². The lowest BCUT2D eigenvalue weighted by Gasteiger charge is -2.26. The van der Waals surface area contributed by atoms with Gasteiger partial charge in [-0.05, 0) is 25.0 Å². The van der Waals surface area contributed by atoms with Crippen LogP contribution in [0.25, 0.3) is 0 Å². The first-order chi connectivity index (χ1) is 12.8. The third-order valence-corrected chi connectivity index (χ3v) is 5.65. The van der Waals surface area contributed by atoms with E-state index in [0.717, 1.165) is 0 Å². The maximum Gasteiger partial charge on any atom is 0.328 e. The molecule has 1 aromatic carbocycles. The van der Waals surface area contributed by atoms with Crippen LogP contribution < -0.4 is 10.0 Å². The molecular weight excluding hydrogens is 370 g/mol. The molecule has 1 aliphatic rings. The molecule has 1 aromatic rings. The Hall–Kier alpha value is -2.86. The predicted molar refractivity (Wildman–Crippen MR) is 99.4 cm³/mol. The van der Waals surface area contributed by atoms with Crippen LogP contribution in [0.3, 0.4) is 0 Å². The van der Waals surface area contributed by atoms with Gasteiger partial charge in [-0.25, -0.2) is 8.42 Å². The van der Waals surface area contributed by atoms with Crippen LogP contribution in [0.4, 0.5) is 0 Å². The molecule has 0 radical (unpaired) electrons.